The zero-order chi connectivity index (χ0) is 23.0. The lowest BCUT2D eigenvalue weighted by atomic mass is 9.82. The molecule has 0 radical (unpaired) electrons. The van der Waals surface area contributed by atoms with Crippen molar-refractivity contribution in [3.05, 3.63) is 60.2 Å². The highest BCUT2D eigenvalue weighted by atomic mass is 16.2. The number of urea groups is 1. The molecule has 1 saturated carbocycles. The molecule has 0 unspecified atom stereocenters. The zero-order valence-electron chi connectivity index (χ0n) is 18.3. The van der Waals surface area contributed by atoms with Gasteiger partial charge in [0.25, 0.3) is 11.8 Å². The molecule has 5 rings (SSSR count). The van der Waals surface area contributed by atoms with E-state index in [1.54, 1.807) is 4.90 Å². The van der Waals surface area contributed by atoms with Gasteiger partial charge in [0, 0.05) is 12.1 Å². The topological polar surface area (TPSA) is 98.8 Å². The molecule has 2 heterocycles. The smallest absolute Gasteiger partial charge is 0.325 e. The molecule has 5 amide bonds. The maximum atomic E-state index is 13.4. The Bertz CT molecular complexity index is 1110. The number of fused-ring (bicyclic) bond motifs is 1. The molecule has 33 heavy (non-hydrogen) atoms. The average molecular weight is 447 g/mol. The van der Waals surface area contributed by atoms with E-state index in [1.807, 2.05) is 54.6 Å². The molecular weight excluding hydrogens is 420 g/mol. The van der Waals surface area contributed by atoms with Gasteiger partial charge in [0.2, 0.25) is 5.91 Å². The summed E-state index contributed by atoms with van der Waals surface area (Å²) in [5.74, 6) is -1.13. The Kier molecular flexibility index (Phi) is 5.36. The van der Waals surface area contributed by atoms with Crippen LogP contribution in [0.25, 0.3) is 0 Å². The van der Waals surface area contributed by atoms with Crippen molar-refractivity contribution in [3.63, 3.8) is 0 Å². The molecule has 8 heteroatoms. The van der Waals surface area contributed by atoms with Gasteiger partial charge in [-0.1, -0.05) is 55.7 Å². The third kappa shape index (κ3) is 3.75. The maximum absolute atomic E-state index is 13.4. The molecular formula is C25H26N4O4. The summed E-state index contributed by atoms with van der Waals surface area (Å²) in [6.45, 7) is -0.400. The predicted molar refractivity (Wildman–Crippen MR) is 122 cm³/mol. The molecule has 1 atom stereocenters. The summed E-state index contributed by atoms with van der Waals surface area (Å²) in [6, 6.07) is 15.5. The normalized spacial score (nSPS) is 21.7. The third-order valence-corrected chi connectivity index (χ3v) is 6.78. The average Bonchev–Trinajstić information content (AvgIpc) is 3.04. The zero-order valence-corrected chi connectivity index (χ0v) is 18.3. The van der Waals surface area contributed by atoms with Gasteiger partial charge < -0.3 is 10.6 Å². The number of carbonyl (C=O) groups excluding carboxylic acids is 4. The van der Waals surface area contributed by atoms with Gasteiger partial charge in [0.1, 0.15) is 18.1 Å². The van der Waals surface area contributed by atoms with E-state index in [-0.39, 0.29) is 11.8 Å². The van der Waals surface area contributed by atoms with Gasteiger partial charge in [-0.3, -0.25) is 24.2 Å². The molecule has 2 fully saturated rings. The second-order valence-corrected chi connectivity index (χ2v) is 8.93. The number of benzene rings is 2. The Balaban J connectivity index is 1.33. The van der Waals surface area contributed by atoms with Gasteiger partial charge in [0.05, 0.1) is 5.69 Å². The van der Waals surface area contributed by atoms with Gasteiger partial charge >= 0.3 is 6.03 Å². The SMILES string of the molecule is O=C(CN1C(=O)NC2(CCCCC2)C1=O)N[C@H]1Cc2ccccc2N(c2ccccc2)C1=O. The minimum Gasteiger partial charge on any atom is -0.342 e. The minimum absolute atomic E-state index is 0.255. The number of imide groups is 1. The standard InChI is InChI=1S/C25H26N4O4/c30-21(16-28-23(32)25(27-24(28)33)13-7-2-8-14-25)26-19-15-17-9-5-6-12-20(17)29(22(19)31)18-10-3-1-4-11-18/h1,3-6,9-12,19H,2,7-8,13-16H2,(H,26,30)(H,27,33)/t19-/m0/s1. The van der Waals surface area contributed by atoms with Crippen LogP contribution in [-0.4, -0.2) is 46.8 Å². The van der Waals surface area contributed by atoms with Crippen LogP contribution in [0, 0.1) is 0 Å². The van der Waals surface area contributed by atoms with Crippen molar-refractivity contribution >= 4 is 35.1 Å². The quantitative estimate of drug-likeness (QED) is 0.706. The van der Waals surface area contributed by atoms with Crippen molar-refractivity contribution in [2.75, 3.05) is 11.4 Å². The molecule has 1 aliphatic carbocycles. The summed E-state index contributed by atoms with van der Waals surface area (Å²) in [5, 5.41) is 5.58. The molecule has 2 aromatic rings. The predicted octanol–water partition coefficient (Wildman–Crippen LogP) is 2.65. The van der Waals surface area contributed by atoms with Crippen LogP contribution < -0.4 is 15.5 Å². The number of rotatable bonds is 4. The molecule has 2 N–H and O–H groups in total. The Morgan fingerprint density at radius 3 is 2.42 bits per heavy atom. The van der Waals surface area contributed by atoms with E-state index in [0.29, 0.717) is 24.9 Å². The first-order valence-corrected chi connectivity index (χ1v) is 11.4. The fourth-order valence-corrected chi connectivity index (χ4v) is 5.14. The fraction of sp³-hybridized carbons (Fsp3) is 0.360. The van der Waals surface area contributed by atoms with Gasteiger partial charge in [-0.05, 0) is 36.6 Å². The minimum atomic E-state index is -0.876. The van der Waals surface area contributed by atoms with Gasteiger partial charge in [-0.2, -0.15) is 0 Å². The van der Waals surface area contributed by atoms with E-state index >= 15 is 0 Å². The third-order valence-electron chi connectivity index (χ3n) is 6.78. The highest BCUT2D eigenvalue weighted by molar-refractivity contribution is 6.10. The molecule has 2 aliphatic heterocycles. The fourth-order valence-electron chi connectivity index (χ4n) is 5.14. The van der Waals surface area contributed by atoms with Crippen LogP contribution in [0.4, 0.5) is 16.2 Å². The van der Waals surface area contributed by atoms with E-state index in [2.05, 4.69) is 10.6 Å². The number of amides is 5. The Morgan fingerprint density at radius 2 is 1.67 bits per heavy atom. The lowest BCUT2D eigenvalue weighted by molar-refractivity contribution is -0.136. The number of nitrogens with one attached hydrogen (secondary N) is 2. The first-order chi connectivity index (χ1) is 16.0. The van der Waals surface area contributed by atoms with E-state index < -0.39 is 30.1 Å². The number of para-hydroxylation sites is 2. The molecule has 0 bridgehead atoms. The first-order valence-electron chi connectivity index (χ1n) is 11.4. The molecule has 170 valence electrons. The van der Waals surface area contributed by atoms with Gasteiger partial charge in [-0.25, -0.2) is 4.79 Å². The number of hydrogen-bond donors (Lipinski definition) is 2. The van der Waals surface area contributed by atoms with Crippen molar-refractivity contribution in [2.45, 2.75) is 50.1 Å². The number of nitrogens with zero attached hydrogens (tertiary/aromatic N) is 2. The summed E-state index contributed by atoms with van der Waals surface area (Å²) in [5.41, 5.74) is 1.55. The molecule has 1 spiro atoms. The Labute approximate surface area is 191 Å². The summed E-state index contributed by atoms with van der Waals surface area (Å²) in [4.78, 5) is 54.3. The Hall–Kier alpha value is -3.68. The van der Waals surface area contributed by atoms with Crippen LogP contribution in [0.2, 0.25) is 0 Å². The summed E-state index contributed by atoms with van der Waals surface area (Å²) < 4.78 is 0. The molecule has 2 aromatic carbocycles. The van der Waals surface area contributed by atoms with E-state index in [9.17, 15) is 19.2 Å². The summed E-state index contributed by atoms with van der Waals surface area (Å²) >= 11 is 0. The Morgan fingerprint density at radius 1 is 0.970 bits per heavy atom. The van der Waals surface area contributed by atoms with E-state index in [1.165, 1.54) is 0 Å². The summed E-state index contributed by atoms with van der Waals surface area (Å²) in [7, 11) is 0. The highest BCUT2D eigenvalue weighted by Crippen LogP contribution is 2.35. The van der Waals surface area contributed by atoms with Crippen LogP contribution in [0.3, 0.4) is 0 Å². The van der Waals surface area contributed by atoms with Crippen LogP contribution in [0.1, 0.15) is 37.7 Å². The lowest BCUT2D eigenvalue weighted by Crippen LogP contribution is -2.54. The van der Waals surface area contributed by atoms with Crippen LogP contribution in [-0.2, 0) is 20.8 Å². The molecule has 1 saturated heterocycles. The number of hydrogen-bond acceptors (Lipinski definition) is 4. The van der Waals surface area contributed by atoms with Crippen LogP contribution in [0.15, 0.2) is 54.6 Å². The summed E-state index contributed by atoms with van der Waals surface area (Å²) in [6.07, 6.45) is 4.32. The second-order valence-electron chi connectivity index (χ2n) is 8.93. The van der Waals surface area contributed by atoms with E-state index in [0.717, 1.165) is 35.4 Å². The van der Waals surface area contributed by atoms with Crippen molar-refractivity contribution in [2.24, 2.45) is 0 Å². The molecule has 0 aromatic heterocycles. The maximum Gasteiger partial charge on any atom is 0.325 e. The van der Waals surface area contributed by atoms with Crippen LogP contribution in [0.5, 0.6) is 0 Å². The molecule has 8 nitrogen and oxygen atoms in total. The monoisotopic (exact) mass is 446 g/mol. The van der Waals surface area contributed by atoms with Crippen molar-refractivity contribution in [1.82, 2.24) is 15.5 Å². The number of carbonyl (C=O) groups is 4. The second kappa shape index (κ2) is 8.35. The highest BCUT2D eigenvalue weighted by Gasteiger charge is 2.51. The van der Waals surface area contributed by atoms with Crippen molar-refractivity contribution in [1.29, 1.82) is 0 Å². The van der Waals surface area contributed by atoms with Gasteiger partial charge in [-0.15, -0.1) is 0 Å². The number of anilines is 2. The van der Waals surface area contributed by atoms with Crippen LogP contribution >= 0.6 is 0 Å². The van der Waals surface area contributed by atoms with E-state index in [4.69, 9.17) is 0 Å². The van der Waals surface area contributed by atoms with Gasteiger partial charge in [0.15, 0.2) is 0 Å². The lowest BCUT2D eigenvalue weighted by Gasteiger charge is -2.34. The van der Waals surface area contributed by atoms with Crippen molar-refractivity contribution in [3.8, 4) is 0 Å². The van der Waals surface area contributed by atoms with Crippen molar-refractivity contribution < 1.29 is 19.2 Å². The molecule has 3 aliphatic rings. The first kappa shape index (κ1) is 21.2. The largest absolute Gasteiger partial charge is 0.342 e.